The number of nitrogens with two attached hydrogens (primary N) is 1. The van der Waals surface area contributed by atoms with Crippen molar-refractivity contribution in [3.63, 3.8) is 0 Å². The van der Waals surface area contributed by atoms with Gasteiger partial charge in [0, 0.05) is 6.04 Å². The molecule has 0 aliphatic rings. The SMILES string of the molecule is Cc1cccc(CC(C)N)c1OCCCC(C)C. The van der Waals surface area contributed by atoms with Crippen molar-refractivity contribution in [2.75, 3.05) is 6.61 Å². The highest BCUT2D eigenvalue weighted by molar-refractivity contribution is 5.41. The molecule has 1 aromatic carbocycles. The lowest BCUT2D eigenvalue weighted by molar-refractivity contribution is 0.292. The summed E-state index contributed by atoms with van der Waals surface area (Å²) in [6, 6.07) is 6.47. The summed E-state index contributed by atoms with van der Waals surface area (Å²) in [6.45, 7) is 9.42. The van der Waals surface area contributed by atoms with E-state index >= 15 is 0 Å². The maximum atomic E-state index is 5.96. The molecule has 0 saturated heterocycles. The van der Waals surface area contributed by atoms with Crippen molar-refractivity contribution in [2.45, 2.75) is 53.0 Å². The van der Waals surface area contributed by atoms with Gasteiger partial charge in [0.15, 0.2) is 0 Å². The van der Waals surface area contributed by atoms with Gasteiger partial charge in [0.25, 0.3) is 0 Å². The van der Waals surface area contributed by atoms with Gasteiger partial charge < -0.3 is 10.5 Å². The average molecular weight is 249 g/mol. The fourth-order valence-corrected chi connectivity index (χ4v) is 2.09. The molecule has 0 amide bonds. The van der Waals surface area contributed by atoms with Gasteiger partial charge in [-0.3, -0.25) is 0 Å². The van der Waals surface area contributed by atoms with Crippen LogP contribution in [0.5, 0.6) is 5.75 Å². The molecule has 2 N–H and O–H groups in total. The minimum atomic E-state index is 0.171. The molecule has 102 valence electrons. The topological polar surface area (TPSA) is 35.2 Å². The third-order valence-electron chi connectivity index (χ3n) is 3.01. The lowest BCUT2D eigenvalue weighted by Crippen LogP contribution is -2.18. The Balaban J connectivity index is 2.62. The average Bonchev–Trinajstić information content (AvgIpc) is 2.26. The van der Waals surface area contributed by atoms with Gasteiger partial charge >= 0.3 is 0 Å². The smallest absolute Gasteiger partial charge is 0.125 e. The predicted octanol–water partition coefficient (Wildman–Crippen LogP) is 3.70. The summed E-state index contributed by atoms with van der Waals surface area (Å²) < 4.78 is 5.96. The zero-order valence-electron chi connectivity index (χ0n) is 12.2. The van der Waals surface area contributed by atoms with Crippen molar-refractivity contribution < 1.29 is 4.74 Å². The van der Waals surface area contributed by atoms with E-state index in [0.29, 0.717) is 0 Å². The molecule has 0 heterocycles. The minimum Gasteiger partial charge on any atom is -0.493 e. The summed E-state index contributed by atoms with van der Waals surface area (Å²) >= 11 is 0. The second-order valence-corrected chi connectivity index (χ2v) is 5.63. The number of ether oxygens (including phenoxy) is 1. The molecule has 1 rings (SSSR count). The molecule has 0 aliphatic heterocycles. The number of aryl methyl sites for hydroxylation is 1. The molecule has 2 nitrogen and oxygen atoms in total. The molecule has 18 heavy (non-hydrogen) atoms. The van der Waals surface area contributed by atoms with Crippen LogP contribution in [-0.4, -0.2) is 12.6 Å². The number of rotatable bonds is 7. The largest absolute Gasteiger partial charge is 0.493 e. The number of hydrogen-bond donors (Lipinski definition) is 1. The summed E-state index contributed by atoms with van der Waals surface area (Å²) in [5, 5.41) is 0. The molecular formula is C16H27NO. The van der Waals surface area contributed by atoms with Crippen LogP contribution in [0.1, 0.15) is 44.7 Å². The maximum Gasteiger partial charge on any atom is 0.125 e. The van der Waals surface area contributed by atoms with Crippen molar-refractivity contribution in [1.82, 2.24) is 0 Å². The van der Waals surface area contributed by atoms with Crippen LogP contribution in [0.4, 0.5) is 0 Å². The summed E-state index contributed by atoms with van der Waals surface area (Å²) in [5.74, 6) is 1.78. The minimum absolute atomic E-state index is 0.171. The molecule has 1 aromatic rings. The molecule has 1 atom stereocenters. The monoisotopic (exact) mass is 249 g/mol. The highest BCUT2D eigenvalue weighted by Crippen LogP contribution is 2.25. The van der Waals surface area contributed by atoms with Crippen molar-refractivity contribution in [1.29, 1.82) is 0 Å². The van der Waals surface area contributed by atoms with Gasteiger partial charge in [0.05, 0.1) is 6.61 Å². The standard InChI is InChI=1S/C16H27NO/c1-12(2)7-6-10-18-16-13(3)8-5-9-15(16)11-14(4)17/h5,8-9,12,14H,6-7,10-11,17H2,1-4H3. The number of para-hydroxylation sites is 1. The van der Waals surface area contributed by atoms with Crippen molar-refractivity contribution >= 4 is 0 Å². The van der Waals surface area contributed by atoms with Crippen LogP contribution in [0.3, 0.4) is 0 Å². The van der Waals surface area contributed by atoms with Crippen LogP contribution in [-0.2, 0) is 6.42 Å². The first-order valence-electron chi connectivity index (χ1n) is 6.97. The van der Waals surface area contributed by atoms with Crippen LogP contribution in [0.15, 0.2) is 18.2 Å². The molecule has 0 saturated carbocycles. The van der Waals surface area contributed by atoms with Gasteiger partial charge in [-0.2, -0.15) is 0 Å². The Morgan fingerprint density at radius 1 is 1.22 bits per heavy atom. The van der Waals surface area contributed by atoms with Gasteiger partial charge in [0.1, 0.15) is 5.75 Å². The molecular weight excluding hydrogens is 222 g/mol. The normalized spacial score (nSPS) is 12.8. The third kappa shape index (κ3) is 5.09. The summed E-state index contributed by atoms with van der Waals surface area (Å²) in [5.41, 5.74) is 8.32. The Hall–Kier alpha value is -1.02. The summed E-state index contributed by atoms with van der Waals surface area (Å²) in [6.07, 6.45) is 3.21. The van der Waals surface area contributed by atoms with Crippen LogP contribution in [0.2, 0.25) is 0 Å². The molecule has 0 radical (unpaired) electrons. The maximum absolute atomic E-state index is 5.96. The second-order valence-electron chi connectivity index (χ2n) is 5.63. The number of hydrogen-bond acceptors (Lipinski definition) is 2. The molecule has 0 aliphatic carbocycles. The van der Waals surface area contributed by atoms with E-state index < -0.39 is 0 Å². The van der Waals surface area contributed by atoms with E-state index in [1.807, 2.05) is 6.92 Å². The molecule has 0 fully saturated rings. The van der Waals surface area contributed by atoms with E-state index in [2.05, 4.69) is 39.0 Å². The van der Waals surface area contributed by atoms with Gasteiger partial charge in [-0.05, 0) is 50.2 Å². The van der Waals surface area contributed by atoms with Crippen molar-refractivity contribution in [3.05, 3.63) is 29.3 Å². The fraction of sp³-hybridized carbons (Fsp3) is 0.625. The molecule has 2 heteroatoms. The highest BCUT2D eigenvalue weighted by Gasteiger charge is 2.08. The lowest BCUT2D eigenvalue weighted by atomic mass is 10.0. The van der Waals surface area contributed by atoms with Crippen LogP contribution < -0.4 is 10.5 Å². The van der Waals surface area contributed by atoms with Crippen LogP contribution >= 0.6 is 0 Å². The fourth-order valence-electron chi connectivity index (χ4n) is 2.09. The van der Waals surface area contributed by atoms with Gasteiger partial charge in [-0.1, -0.05) is 32.0 Å². The highest BCUT2D eigenvalue weighted by atomic mass is 16.5. The van der Waals surface area contributed by atoms with Gasteiger partial charge in [-0.25, -0.2) is 0 Å². The van der Waals surface area contributed by atoms with E-state index in [4.69, 9.17) is 10.5 Å². The molecule has 0 bridgehead atoms. The Labute approximate surface area is 112 Å². The zero-order valence-corrected chi connectivity index (χ0v) is 12.2. The Kier molecular flexibility index (Phi) is 6.20. The predicted molar refractivity (Wildman–Crippen MR) is 78.1 cm³/mol. The van der Waals surface area contributed by atoms with Crippen molar-refractivity contribution in [2.24, 2.45) is 11.7 Å². The molecule has 1 unspecified atom stereocenters. The Bertz CT molecular complexity index is 358. The van der Waals surface area contributed by atoms with E-state index in [1.165, 1.54) is 17.5 Å². The van der Waals surface area contributed by atoms with Gasteiger partial charge in [0.2, 0.25) is 0 Å². The van der Waals surface area contributed by atoms with Crippen LogP contribution in [0.25, 0.3) is 0 Å². The van der Waals surface area contributed by atoms with Gasteiger partial charge in [-0.15, -0.1) is 0 Å². The Morgan fingerprint density at radius 3 is 2.56 bits per heavy atom. The van der Waals surface area contributed by atoms with E-state index in [9.17, 15) is 0 Å². The third-order valence-corrected chi connectivity index (χ3v) is 3.01. The van der Waals surface area contributed by atoms with Crippen molar-refractivity contribution in [3.8, 4) is 5.75 Å². The van der Waals surface area contributed by atoms with E-state index in [1.54, 1.807) is 0 Å². The first kappa shape index (κ1) is 15.0. The first-order chi connectivity index (χ1) is 8.50. The summed E-state index contributed by atoms with van der Waals surface area (Å²) in [7, 11) is 0. The number of benzene rings is 1. The zero-order chi connectivity index (χ0) is 13.5. The van der Waals surface area contributed by atoms with E-state index in [-0.39, 0.29) is 6.04 Å². The molecule has 0 aromatic heterocycles. The quantitative estimate of drug-likeness (QED) is 0.748. The van der Waals surface area contributed by atoms with Crippen LogP contribution in [0, 0.1) is 12.8 Å². The Morgan fingerprint density at radius 2 is 1.94 bits per heavy atom. The first-order valence-corrected chi connectivity index (χ1v) is 6.97. The summed E-state index contributed by atoms with van der Waals surface area (Å²) in [4.78, 5) is 0. The second kappa shape index (κ2) is 7.42. The van der Waals surface area contributed by atoms with E-state index in [0.717, 1.165) is 31.1 Å². The lowest BCUT2D eigenvalue weighted by Gasteiger charge is -2.16. The molecule has 0 spiro atoms.